The zero-order chi connectivity index (χ0) is 16.3. The molecule has 3 nitrogen and oxygen atoms in total. The summed E-state index contributed by atoms with van der Waals surface area (Å²) >= 11 is 0. The number of benzene rings is 2. The van der Waals surface area contributed by atoms with Gasteiger partial charge in [0.15, 0.2) is 0 Å². The maximum Gasteiger partial charge on any atom is 0.330 e. The zero-order valence-electron chi connectivity index (χ0n) is 14.0. The van der Waals surface area contributed by atoms with E-state index in [1.54, 1.807) is 0 Å². The minimum absolute atomic E-state index is 0.0275. The quantitative estimate of drug-likeness (QED) is 0.757. The number of hydrogen-bond donors (Lipinski definition) is 0. The summed E-state index contributed by atoms with van der Waals surface area (Å²) in [5.74, 6) is -0.0152. The molecular weight excluding hydrogens is 288 g/mol. The van der Waals surface area contributed by atoms with Gasteiger partial charge in [-0.15, -0.1) is 0 Å². The lowest BCUT2D eigenvalue weighted by Gasteiger charge is -2.45. The highest BCUT2D eigenvalue weighted by atomic mass is 16.9. The monoisotopic (exact) mass is 312 g/mol. The van der Waals surface area contributed by atoms with Crippen molar-refractivity contribution < 1.29 is 14.2 Å². The lowest BCUT2D eigenvalue weighted by molar-refractivity contribution is -0.371. The molecule has 0 saturated heterocycles. The maximum absolute atomic E-state index is 6.22. The fraction of sp³-hybridized carbons (Fsp3) is 0.400. The van der Waals surface area contributed by atoms with Gasteiger partial charge in [-0.1, -0.05) is 55.5 Å². The fourth-order valence-electron chi connectivity index (χ4n) is 3.44. The van der Waals surface area contributed by atoms with E-state index in [-0.39, 0.29) is 11.8 Å². The molecule has 1 aliphatic heterocycles. The van der Waals surface area contributed by atoms with Crippen LogP contribution in [-0.2, 0) is 9.47 Å². The van der Waals surface area contributed by atoms with Crippen LogP contribution in [0.3, 0.4) is 0 Å². The highest BCUT2D eigenvalue weighted by molar-refractivity contribution is 5.45. The fourth-order valence-corrected chi connectivity index (χ4v) is 3.44. The molecule has 122 valence electrons. The van der Waals surface area contributed by atoms with Crippen molar-refractivity contribution in [1.82, 2.24) is 0 Å². The third kappa shape index (κ3) is 2.87. The van der Waals surface area contributed by atoms with E-state index in [2.05, 4.69) is 43.3 Å². The first-order chi connectivity index (χ1) is 11.2. The second kappa shape index (κ2) is 6.73. The highest BCUT2D eigenvalue weighted by Gasteiger charge is 2.50. The Morgan fingerprint density at radius 3 is 2.17 bits per heavy atom. The Bertz CT molecular complexity index is 632. The van der Waals surface area contributed by atoms with E-state index in [1.807, 2.05) is 32.0 Å². The summed E-state index contributed by atoms with van der Waals surface area (Å²) in [4.78, 5) is 0. The van der Waals surface area contributed by atoms with Gasteiger partial charge < -0.3 is 14.2 Å². The average molecular weight is 312 g/mol. The predicted octanol–water partition coefficient (Wildman–Crippen LogP) is 4.57. The van der Waals surface area contributed by atoms with Gasteiger partial charge in [-0.3, -0.25) is 0 Å². The Morgan fingerprint density at radius 1 is 0.913 bits per heavy atom. The SMILES string of the molecule is CCOC1(OCC)Oc2ccccc2C(c2ccccc2)C1C. The van der Waals surface area contributed by atoms with Crippen LogP contribution < -0.4 is 4.74 Å². The normalized spacial score (nSPS) is 22.2. The summed E-state index contributed by atoms with van der Waals surface area (Å²) in [6, 6.07) is 18.7. The largest absolute Gasteiger partial charge is 0.438 e. The van der Waals surface area contributed by atoms with E-state index < -0.39 is 5.97 Å². The van der Waals surface area contributed by atoms with Gasteiger partial charge in [0, 0.05) is 11.5 Å². The molecule has 2 aromatic carbocycles. The van der Waals surface area contributed by atoms with Crippen molar-refractivity contribution in [1.29, 1.82) is 0 Å². The van der Waals surface area contributed by atoms with Crippen LogP contribution in [0.5, 0.6) is 5.75 Å². The van der Waals surface area contributed by atoms with Crippen LogP contribution in [0.25, 0.3) is 0 Å². The van der Waals surface area contributed by atoms with Crippen LogP contribution in [-0.4, -0.2) is 19.2 Å². The Balaban J connectivity index is 2.13. The summed E-state index contributed by atoms with van der Waals surface area (Å²) < 4.78 is 18.2. The number of rotatable bonds is 5. The predicted molar refractivity (Wildman–Crippen MR) is 90.5 cm³/mol. The number of hydrogen-bond acceptors (Lipinski definition) is 3. The van der Waals surface area contributed by atoms with Crippen molar-refractivity contribution in [3.05, 3.63) is 65.7 Å². The standard InChI is InChI=1S/C20H24O3/c1-4-21-20(22-5-2)15(3)19(16-11-7-6-8-12-16)17-13-9-10-14-18(17)23-20/h6-15,19H,4-5H2,1-3H3. The number of ether oxygens (including phenoxy) is 3. The van der Waals surface area contributed by atoms with Crippen molar-refractivity contribution in [2.45, 2.75) is 32.7 Å². The van der Waals surface area contributed by atoms with E-state index in [1.165, 1.54) is 11.1 Å². The van der Waals surface area contributed by atoms with Crippen molar-refractivity contribution in [3.8, 4) is 5.75 Å². The van der Waals surface area contributed by atoms with Crippen LogP contribution in [0.2, 0.25) is 0 Å². The minimum atomic E-state index is -1.04. The molecule has 3 heteroatoms. The first-order valence-electron chi connectivity index (χ1n) is 8.32. The van der Waals surface area contributed by atoms with Crippen molar-refractivity contribution in [2.75, 3.05) is 13.2 Å². The third-order valence-corrected chi connectivity index (χ3v) is 4.41. The smallest absolute Gasteiger partial charge is 0.330 e. The Kier molecular flexibility index (Phi) is 4.69. The van der Waals surface area contributed by atoms with Crippen molar-refractivity contribution in [2.24, 2.45) is 5.92 Å². The van der Waals surface area contributed by atoms with Gasteiger partial charge in [-0.05, 0) is 25.5 Å². The van der Waals surface area contributed by atoms with E-state index >= 15 is 0 Å². The van der Waals surface area contributed by atoms with Gasteiger partial charge >= 0.3 is 5.97 Å². The number of fused-ring (bicyclic) bond motifs is 1. The molecule has 0 N–H and O–H groups in total. The molecule has 0 bridgehead atoms. The molecule has 23 heavy (non-hydrogen) atoms. The van der Waals surface area contributed by atoms with Gasteiger partial charge in [0.25, 0.3) is 0 Å². The second-order valence-electron chi connectivity index (χ2n) is 5.79. The van der Waals surface area contributed by atoms with E-state index in [9.17, 15) is 0 Å². The summed E-state index contributed by atoms with van der Waals surface area (Å²) in [5, 5.41) is 0. The summed E-state index contributed by atoms with van der Waals surface area (Å²) in [7, 11) is 0. The lowest BCUT2D eigenvalue weighted by Crippen LogP contribution is -2.52. The molecule has 0 aliphatic carbocycles. The first-order valence-corrected chi connectivity index (χ1v) is 8.32. The molecule has 1 aliphatic rings. The molecule has 2 atom stereocenters. The topological polar surface area (TPSA) is 27.7 Å². The number of para-hydroxylation sites is 1. The lowest BCUT2D eigenvalue weighted by atomic mass is 9.78. The Labute approximate surface area is 138 Å². The molecule has 0 saturated carbocycles. The van der Waals surface area contributed by atoms with Crippen LogP contribution in [0.1, 0.15) is 37.8 Å². The van der Waals surface area contributed by atoms with E-state index in [4.69, 9.17) is 14.2 Å². The van der Waals surface area contributed by atoms with Gasteiger partial charge in [-0.25, -0.2) is 0 Å². The molecule has 0 amide bonds. The van der Waals surface area contributed by atoms with E-state index in [0.29, 0.717) is 13.2 Å². The molecule has 3 rings (SSSR count). The van der Waals surface area contributed by atoms with Crippen LogP contribution in [0.15, 0.2) is 54.6 Å². The molecular formula is C20H24O3. The van der Waals surface area contributed by atoms with Crippen LogP contribution in [0.4, 0.5) is 0 Å². The summed E-state index contributed by atoms with van der Waals surface area (Å²) in [5.41, 5.74) is 2.43. The summed E-state index contributed by atoms with van der Waals surface area (Å²) in [6.07, 6.45) is 0. The van der Waals surface area contributed by atoms with Gasteiger partial charge in [0.05, 0.1) is 19.1 Å². The van der Waals surface area contributed by atoms with Crippen molar-refractivity contribution >= 4 is 0 Å². The Morgan fingerprint density at radius 2 is 1.52 bits per heavy atom. The third-order valence-electron chi connectivity index (χ3n) is 4.41. The first kappa shape index (κ1) is 16.0. The molecule has 1 heterocycles. The maximum atomic E-state index is 6.22. The molecule has 0 fully saturated rings. The van der Waals surface area contributed by atoms with Crippen LogP contribution in [0, 0.1) is 5.92 Å². The Hall–Kier alpha value is -1.84. The zero-order valence-corrected chi connectivity index (χ0v) is 14.0. The van der Waals surface area contributed by atoms with Gasteiger partial charge in [0.1, 0.15) is 5.75 Å². The minimum Gasteiger partial charge on any atom is -0.438 e. The van der Waals surface area contributed by atoms with Gasteiger partial charge in [-0.2, -0.15) is 0 Å². The van der Waals surface area contributed by atoms with Crippen molar-refractivity contribution in [3.63, 3.8) is 0 Å². The molecule has 0 radical (unpaired) electrons. The molecule has 0 aromatic heterocycles. The summed E-state index contributed by atoms with van der Waals surface area (Å²) in [6.45, 7) is 7.14. The molecule has 0 spiro atoms. The second-order valence-corrected chi connectivity index (χ2v) is 5.79. The van der Waals surface area contributed by atoms with Crippen LogP contribution >= 0.6 is 0 Å². The molecule has 2 aromatic rings. The van der Waals surface area contributed by atoms with Gasteiger partial charge in [0.2, 0.25) is 0 Å². The van der Waals surface area contributed by atoms with E-state index in [0.717, 1.165) is 5.75 Å². The highest BCUT2D eigenvalue weighted by Crippen LogP contribution is 2.48. The average Bonchev–Trinajstić information content (AvgIpc) is 2.57. The molecule has 2 unspecified atom stereocenters.